The van der Waals surface area contributed by atoms with E-state index in [2.05, 4.69) is 4.98 Å². The molecule has 0 aliphatic carbocycles. The number of rotatable bonds is 3. The molecule has 1 aliphatic heterocycles. The minimum absolute atomic E-state index is 0.0240. The second-order valence-electron chi connectivity index (χ2n) is 6.89. The van der Waals surface area contributed by atoms with Gasteiger partial charge in [-0.05, 0) is 55.7 Å². The van der Waals surface area contributed by atoms with Gasteiger partial charge in [0, 0.05) is 18.0 Å². The number of amides is 1. The van der Waals surface area contributed by atoms with Crippen LogP contribution in [0.3, 0.4) is 0 Å². The van der Waals surface area contributed by atoms with Crippen LogP contribution in [-0.4, -0.2) is 29.4 Å². The number of carbonyl (C=O) groups is 1. The van der Waals surface area contributed by atoms with Crippen LogP contribution in [0, 0.1) is 12.7 Å². The molecule has 0 N–H and O–H groups in total. The number of fused-ring (bicyclic) bond motifs is 1. The fourth-order valence-electron chi connectivity index (χ4n) is 3.81. The van der Waals surface area contributed by atoms with Crippen molar-refractivity contribution in [3.8, 4) is 5.75 Å². The van der Waals surface area contributed by atoms with Gasteiger partial charge < -0.3 is 9.64 Å². The number of hydrogen-bond acceptors (Lipinski definition) is 3. The zero-order valence-electron chi connectivity index (χ0n) is 15.4. The average Bonchev–Trinajstić information content (AvgIpc) is 3.16. The molecule has 1 amide bonds. The van der Waals surface area contributed by atoms with E-state index < -0.39 is 0 Å². The van der Waals surface area contributed by atoms with Crippen LogP contribution in [0.25, 0.3) is 10.9 Å². The van der Waals surface area contributed by atoms with Crippen molar-refractivity contribution in [3.05, 3.63) is 71.2 Å². The van der Waals surface area contributed by atoms with E-state index in [9.17, 15) is 9.18 Å². The second kappa shape index (κ2) is 6.99. The molecule has 1 saturated heterocycles. The SMILES string of the molecule is COc1cccc(C2CCCN2C(=O)c2cc3ccc(F)cc3nc2C)c1. The van der Waals surface area contributed by atoms with Crippen LogP contribution in [0.4, 0.5) is 4.39 Å². The molecule has 0 saturated carbocycles. The molecule has 1 atom stereocenters. The molecular formula is C22H21FN2O2. The molecule has 2 heterocycles. The van der Waals surface area contributed by atoms with Crippen molar-refractivity contribution in [3.63, 3.8) is 0 Å². The Bertz CT molecular complexity index is 1020. The van der Waals surface area contributed by atoms with Gasteiger partial charge in [0.15, 0.2) is 0 Å². The molecule has 0 radical (unpaired) electrons. The van der Waals surface area contributed by atoms with E-state index in [0.29, 0.717) is 23.3 Å². The van der Waals surface area contributed by atoms with Crippen LogP contribution in [-0.2, 0) is 0 Å². The summed E-state index contributed by atoms with van der Waals surface area (Å²) in [5, 5.41) is 0.766. The lowest BCUT2D eigenvalue weighted by atomic mass is 10.0. The maximum absolute atomic E-state index is 13.4. The predicted octanol–water partition coefficient (Wildman–Crippen LogP) is 4.67. The Kier molecular flexibility index (Phi) is 4.52. The molecule has 4 nitrogen and oxygen atoms in total. The Morgan fingerprint density at radius 3 is 2.89 bits per heavy atom. The number of methoxy groups -OCH3 is 1. The van der Waals surface area contributed by atoms with Crippen molar-refractivity contribution < 1.29 is 13.9 Å². The van der Waals surface area contributed by atoms with E-state index >= 15 is 0 Å². The first-order valence-electron chi connectivity index (χ1n) is 9.08. The maximum atomic E-state index is 13.4. The number of benzene rings is 2. The highest BCUT2D eigenvalue weighted by Gasteiger charge is 2.31. The standard InChI is InChI=1S/C22H21FN2O2/c1-14-19(12-15-8-9-17(23)13-20(15)24-14)22(26)25-10-4-7-21(25)16-5-3-6-18(11-16)27-2/h3,5-6,8-9,11-13,21H,4,7,10H2,1-2H3. The fraction of sp³-hybridized carbons (Fsp3) is 0.273. The predicted molar refractivity (Wildman–Crippen MR) is 102 cm³/mol. The zero-order valence-corrected chi connectivity index (χ0v) is 15.4. The van der Waals surface area contributed by atoms with Gasteiger partial charge in [0.05, 0.1) is 29.9 Å². The van der Waals surface area contributed by atoms with Gasteiger partial charge in [0.1, 0.15) is 11.6 Å². The van der Waals surface area contributed by atoms with Crippen LogP contribution in [0.15, 0.2) is 48.5 Å². The van der Waals surface area contributed by atoms with Gasteiger partial charge in [-0.15, -0.1) is 0 Å². The van der Waals surface area contributed by atoms with E-state index in [0.717, 1.165) is 29.5 Å². The number of nitrogens with zero attached hydrogens (tertiary/aromatic N) is 2. The van der Waals surface area contributed by atoms with Gasteiger partial charge in [-0.2, -0.15) is 0 Å². The van der Waals surface area contributed by atoms with Gasteiger partial charge in [-0.1, -0.05) is 12.1 Å². The van der Waals surface area contributed by atoms with Gasteiger partial charge in [-0.25, -0.2) is 4.39 Å². The van der Waals surface area contributed by atoms with E-state index in [1.165, 1.54) is 12.1 Å². The summed E-state index contributed by atoms with van der Waals surface area (Å²) in [4.78, 5) is 19.7. The number of pyridine rings is 1. The summed E-state index contributed by atoms with van der Waals surface area (Å²) < 4.78 is 18.8. The number of aromatic nitrogens is 1. The zero-order chi connectivity index (χ0) is 19.0. The molecule has 0 spiro atoms. The summed E-state index contributed by atoms with van der Waals surface area (Å²) >= 11 is 0. The first-order chi connectivity index (χ1) is 13.1. The summed E-state index contributed by atoms with van der Waals surface area (Å²) in [5.74, 6) is 0.431. The summed E-state index contributed by atoms with van der Waals surface area (Å²) in [6.45, 7) is 2.51. The van der Waals surface area contributed by atoms with Crippen LogP contribution in [0.5, 0.6) is 5.75 Å². The lowest BCUT2D eigenvalue weighted by molar-refractivity contribution is 0.0734. The number of halogens is 1. The largest absolute Gasteiger partial charge is 0.497 e. The Morgan fingerprint density at radius 1 is 1.22 bits per heavy atom. The Morgan fingerprint density at radius 2 is 2.07 bits per heavy atom. The number of hydrogen-bond donors (Lipinski definition) is 0. The molecule has 1 aliphatic rings. The summed E-state index contributed by atoms with van der Waals surface area (Å²) in [6, 6.07) is 14.2. The van der Waals surface area contributed by atoms with E-state index in [-0.39, 0.29) is 17.8 Å². The van der Waals surface area contributed by atoms with Crippen molar-refractivity contribution in [2.45, 2.75) is 25.8 Å². The molecule has 5 heteroatoms. The number of ether oxygens (including phenoxy) is 1. The molecule has 1 aromatic heterocycles. The highest BCUT2D eigenvalue weighted by Crippen LogP contribution is 2.35. The highest BCUT2D eigenvalue weighted by molar-refractivity contribution is 5.99. The normalized spacial score (nSPS) is 16.7. The van der Waals surface area contributed by atoms with Crippen LogP contribution < -0.4 is 4.74 Å². The monoisotopic (exact) mass is 364 g/mol. The first kappa shape index (κ1) is 17.5. The van der Waals surface area contributed by atoms with Crippen molar-refractivity contribution in [1.82, 2.24) is 9.88 Å². The molecule has 27 heavy (non-hydrogen) atoms. The van der Waals surface area contributed by atoms with E-state index in [1.54, 1.807) is 20.1 Å². The average molecular weight is 364 g/mol. The second-order valence-corrected chi connectivity index (χ2v) is 6.89. The van der Waals surface area contributed by atoms with Gasteiger partial charge >= 0.3 is 0 Å². The van der Waals surface area contributed by atoms with Crippen LogP contribution in [0.2, 0.25) is 0 Å². The van der Waals surface area contributed by atoms with Crippen LogP contribution >= 0.6 is 0 Å². The molecule has 138 valence electrons. The summed E-state index contributed by atoms with van der Waals surface area (Å²) in [7, 11) is 1.64. The van der Waals surface area contributed by atoms with Crippen molar-refractivity contribution in [2.24, 2.45) is 0 Å². The first-order valence-corrected chi connectivity index (χ1v) is 9.08. The van der Waals surface area contributed by atoms with E-state index in [4.69, 9.17) is 4.74 Å². The van der Waals surface area contributed by atoms with Crippen molar-refractivity contribution in [1.29, 1.82) is 0 Å². The number of carbonyl (C=O) groups excluding carboxylic acids is 1. The molecule has 1 fully saturated rings. The lowest BCUT2D eigenvalue weighted by Crippen LogP contribution is -2.31. The third-order valence-corrected chi connectivity index (χ3v) is 5.19. The Labute approximate surface area is 157 Å². The third-order valence-electron chi connectivity index (χ3n) is 5.19. The number of likely N-dealkylation sites (tertiary alicyclic amines) is 1. The summed E-state index contributed by atoms with van der Waals surface area (Å²) in [6.07, 6.45) is 1.88. The molecule has 1 unspecified atom stereocenters. The quantitative estimate of drug-likeness (QED) is 0.678. The third kappa shape index (κ3) is 3.25. The Balaban J connectivity index is 1.69. The van der Waals surface area contributed by atoms with Gasteiger partial charge in [0.25, 0.3) is 5.91 Å². The smallest absolute Gasteiger partial charge is 0.256 e. The molecule has 4 rings (SSSR count). The minimum Gasteiger partial charge on any atom is -0.497 e. The van der Waals surface area contributed by atoms with Gasteiger partial charge in [0.2, 0.25) is 0 Å². The number of aryl methyl sites for hydroxylation is 1. The van der Waals surface area contributed by atoms with E-state index in [1.807, 2.05) is 35.2 Å². The van der Waals surface area contributed by atoms with Crippen LogP contribution in [0.1, 0.15) is 40.5 Å². The molecular weight excluding hydrogens is 343 g/mol. The molecule has 3 aromatic rings. The molecule has 0 bridgehead atoms. The summed E-state index contributed by atoms with van der Waals surface area (Å²) in [5.41, 5.74) is 2.83. The fourth-order valence-corrected chi connectivity index (χ4v) is 3.81. The highest BCUT2D eigenvalue weighted by atomic mass is 19.1. The lowest BCUT2D eigenvalue weighted by Gasteiger charge is -2.26. The van der Waals surface area contributed by atoms with Crippen molar-refractivity contribution in [2.75, 3.05) is 13.7 Å². The maximum Gasteiger partial charge on any atom is 0.256 e. The van der Waals surface area contributed by atoms with Crippen molar-refractivity contribution >= 4 is 16.8 Å². The minimum atomic E-state index is -0.328. The van der Waals surface area contributed by atoms with Gasteiger partial charge in [-0.3, -0.25) is 9.78 Å². The Hall–Kier alpha value is -2.95. The topological polar surface area (TPSA) is 42.4 Å². The molecule has 2 aromatic carbocycles.